The Balaban J connectivity index is 1.69. The van der Waals surface area contributed by atoms with E-state index in [2.05, 4.69) is 23.8 Å². The van der Waals surface area contributed by atoms with Gasteiger partial charge in [0.15, 0.2) is 0 Å². The van der Waals surface area contributed by atoms with Crippen molar-refractivity contribution in [2.75, 3.05) is 19.7 Å². The third-order valence-electron chi connectivity index (χ3n) is 4.64. The van der Waals surface area contributed by atoms with Gasteiger partial charge < -0.3 is 14.6 Å². The van der Waals surface area contributed by atoms with Gasteiger partial charge in [-0.15, -0.1) is 0 Å². The number of ether oxygens (including phenoxy) is 1. The van der Waals surface area contributed by atoms with Crippen molar-refractivity contribution in [1.29, 1.82) is 0 Å². The van der Waals surface area contributed by atoms with E-state index < -0.39 is 0 Å². The van der Waals surface area contributed by atoms with Crippen LogP contribution in [0.25, 0.3) is 11.4 Å². The zero-order valence-corrected chi connectivity index (χ0v) is 15.1. The fourth-order valence-electron chi connectivity index (χ4n) is 3.29. The number of amides is 1. The molecule has 5 heteroatoms. The molecule has 1 unspecified atom stereocenters. The summed E-state index contributed by atoms with van der Waals surface area (Å²) >= 11 is 0. The van der Waals surface area contributed by atoms with Crippen molar-refractivity contribution >= 4 is 5.91 Å². The molecular weight excluding hydrogens is 314 g/mol. The Bertz CT molecular complexity index is 682. The smallest absolute Gasteiger partial charge is 0.254 e. The first-order chi connectivity index (χ1) is 12.1. The van der Waals surface area contributed by atoms with E-state index in [0.29, 0.717) is 31.2 Å². The summed E-state index contributed by atoms with van der Waals surface area (Å²) in [6.45, 7) is 6.41. The number of hydrogen-bond acceptors (Lipinski definition) is 3. The van der Waals surface area contributed by atoms with E-state index in [1.54, 1.807) is 12.4 Å². The number of H-pyrrole nitrogens is 1. The summed E-state index contributed by atoms with van der Waals surface area (Å²) in [4.78, 5) is 22.4. The molecular formula is C20H27N3O2. The molecule has 1 saturated heterocycles. The lowest BCUT2D eigenvalue weighted by atomic mass is 10.0. The van der Waals surface area contributed by atoms with Crippen molar-refractivity contribution < 1.29 is 9.53 Å². The highest BCUT2D eigenvalue weighted by Gasteiger charge is 2.26. The number of imidazole rings is 1. The Morgan fingerprint density at radius 3 is 3.00 bits per heavy atom. The van der Waals surface area contributed by atoms with Crippen LogP contribution in [0.2, 0.25) is 0 Å². The van der Waals surface area contributed by atoms with Crippen LogP contribution in [0, 0.1) is 5.92 Å². The molecule has 1 N–H and O–H groups in total. The van der Waals surface area contributed by atoms with E-state index in [1.807, 2.05) is 29.2 Å². The molecule has 1 aromatic carbocycles. The predicted octanol–water partition coefficient (Wildman–Crippen LogP) is 3.74. The van der Waals surface area contributed by atoms with Gasteiger partial charge in [-0.2, -0.15) is 0 Å². The Labute approximate surface area is 149 Å². The maximum Gasteiger partial charge on any atom is 0.254 e. The van der Waals surface area contributed by atoms with Gasteiger partial charge >= 0.3 is 0 Å². The highest BCUT2D eigenvalue weighted by Crippen LogP contribution is 2.23. The molecule has 2 heterocycles. The standard InChI is InChI=1S/C20H27N3O2/c1-15(2)6-5-7-16-14-23(12-13-25-16)20(24)18-9-4-3-8-17(18)19-21-10-11-22-19/h3-4,8-11,15-16H,5-7,12-14H2,1-2H3,(H,21,22). The Kier molecular flexibility index (Phi) is 5.87. The number of benzene rings is 1. The first kappa shape index (κ1) is 17.7. The van der Waals surface area contributed by atoms with Gasteiger partial charge in [0.1, 0.15) is 5.82 Å². The molecule has 0 spiro atoms. The van der Waals surface area contributed by atoms with Crippen LogP contribution >= 0.6 is 0 Å². The van der Waals surface area contributed by atoms with Crippen molar-refractivity contribution in [1.82, 2.24) is 14.9 Å². The van der Waals surface area contributed by atoms with E-state index in [9.17, 15) is 4.79 Å². The minimum Gasteiger partial charge on any atom is -0.375 e. The molecule has 1 aliphatic heterocycles. The number of aromatic amines is 1. The van der Waals surface area contributed by atoms with Gasteiger partial charge in [0.2, 0.25) is 0 Å². The van der Waals surface area contributed by atoms with Crippen LogP contribution in [0.3, 0.4) is 0 Å². The van der Waals surface area contributed by atoms with Gasteiger partial charge in [-0.3, -0.25) is 4.79 Å². The van der Waals surface area contributed by atoms with E-state index in [4.69, 9.17) is 4.74 Å². The Hall–Kier alpha value is -2.14. The molecule has 3 rings (SSSR count). The molecule has 1 aliphatic rings. The quantitative estimate of drug-likeness (QED) is 0.870. The Morgan fingerprint density at radius 1 is 1.40 bits per heavy atom. The Morgan fingerprint density at radius 2 is 2.24 bits per heavy atom. The lowest BCUT2D eigenvalue weighted by molar-refractivity contribution is -0.0259. The van der Waals surface area contributed by atoms with Crippen LogP contribution in [-0.2, 0) is 4.74 Å². The molecule has 1 aromatic heterocycles. The van der Waals surface area contributed by atoms with Crippen molar-refractivity contribution in [2.24, 2.45) is 5.92 Å². The minimum atomic E-state index is 0.0594. The topological polar surface area (TPSA) is 58.2 Å². The van der Waals surface area contributed by atoms with Gasteiger partial charge in [0.05, 0.1) is 18.3 Å². The van der Waals surface area contributed by atoms with Crippen molar-refractivity contribution in [2.45, 2.75) is 39.2 Å². The highest BCUT2D eigenvalue weighted by atomic mass is 16.5. The number of rotatable bonds is 6. The molecule has 0 aliphatic carbocycles. The zero-order valence-electron chi connectivity index (χ0n) is 15.1. The molecule has 0 radical (unpaired) electrons. The lowest BCUT2D eigenvalue weighted by Crippen LogP contribution is -2.45. The van der Waals surface area contributed by atoms with E-state index in [1.165, 1.54) is 6.42 Å². The number of nitrogens with one attached hydrogen (secondary N) is 1. The lowest BCUT2D eigenvalue weighted by Gasteiger charge is -2.33. The van der Waals surface area contributed by atoms with Crippen LogP contribution < -0.4 is 0 Å². The highest BCUT2D eigenvalue weighted by molar-refractivity contribution is 6.00. The number of carbonyl (C=O) groups excluding carboxylic acids is 1. The first-order valence-electron chi connectivity index (χ1n) is 9.15. The van der Waals surface area contributed by atoms with Gasteiger partial charge in [-0.25, -0.2) is 4.98 Å². The minimum absolute atomic E-state index is 0.0594. The molecule has 1 atom stereocenters. The van der Waals surface area contributed by atoms with Gasteiger partial charge in [0, 0.05) is 31.0 Å². The number of hydrogen-bond donors (Lipinski definition) is 1. The zero-order chi connectivity index (χ0) is 17.6. The summed E-state index contributed by atoms with van der Waals surface area (Å²) in [5, 5.41) is 0. The normalized spacial score (nSPS) is 17.9. The predicted molar refractivity (Wildman–Crippen MR) is 98.4 cm³/mol. The second kappa shape index (κ2) is 8.30. The summed E-state index contributed by atoms with van der Waals surface area (Å²) in [5.41, 5.74) is 1.54. The molecule has 134 valence electrons. The number of morpholine rings is 1. The number of carbonyl (C=O) groups is 1. The second-order valence-electron chi connectivity index (χ2n) is 7.05. The molecule has 2 aromatic rings. The van der Waals surface area contributed by atoms with Crippen LogP contribution in [0.1, 0.15) is 43.5 Å². The summed E-state index contributed by atoms with van der Waals surface area (Å²) in [5.74, 6) is 1.50. The second-order valence-corrected chi connectivity index (χ2v) is 7.05. The van der Waals surface area contributed by atoms with Crippen LogP contribution in [0.15, 0.2) is 36.7 Å². The molecule has 0 saturated carbocycles. The number of nitrogens with zero attached hydrogens (tertiary/aromatic N) is 2. The molecule has 1 fully saturated rings. The third-order valence-corrected chi connectivity index (χ3v) is 4.64. The van der Waals surface area contributed by atoms with Crippen LogP contribution in [-0.4, -0.2) is 46.6 Å². The average molecular weight is 341 g/mol. The van der Waals surface area contributed by atoms with Crippen molar-refractivity contribution in [3.8, 4) is 11.4 Å². The van der Waals surface area contributed by atoms with E-state index in [-0.39, 0.29) is 12.0 Å². The van der Waals surface area contributed by atoms with Gasteiger partial charge in [0.25, 0.3) is 5.91 Å². The molecule has 25 heavy (non-hydrogen) atoms. The largest absolute Gasteiger partial charge is 0.375 e. The summed E-state index contributed by atoms with van der Waals surface area (Å²) in [7, 11) is 0. The SMILES string of the molecule is CC(C)CCCC1CN(C(=O)c2ccccc2-c2ncc[nH]2)CCO1. The van der Waals surface area contributed by atoms with Crippen molar-refractivity contribution in [3.63, 3.8) is 0 Å². The summed E-state index contributed by atoms with van der Waals surface area (Å²) < 4.78 is 5.87. The number of aromatic nitrogens is 2. The van der Waals surface area contributed by atoms with Gasteiger partial charge in [-0.05, 0) is 18.4 Å². The molecule has 1 amide bonds. The van der Waals surface area contributed by atoms with E-state index >= 15 is 0 Å². The first-order valence-corrected chi connectivity index (χ1v) is 9.15. The average Bonchev–Trinajstić information content (AvgIpc) is 3.15. The molecule has 5 nitrogen and oxygen atoms in total. The summed E-state index contributed by atoms with van der Waals surface area (Å²) in [6, 6.07) is 7.65. The maximum absolute atomic E-state index is 13.1. The van der Waals surface area contributed by atoms with Gasteiger partial charge in [-0.1, -0.05) is 44.9 Å². The fraction of sp³-hybridized carbons (Fsp3) is 0.500. The molecule has 0 bridgehead atoms. The third kappa shape index (κ3) is 4.48. The maximum atomic E-state index is 13.1. The van der Waals surface area contributed by atoms with Crippen molar-refractivity contribution in [3.05, 3.63) is 42.2 Å². The van der Waals surface area contributed by atoms with Crippen LogP contribution in [0.4, 0.5) is 0 Å². The summed E-state index contributed by atoms with van der Waals surface area (Å²) in [6.07, 6.45) is 6.99. The monoisotopic (exact) mass is 341 g/mol. The van der Waals surface area contributed by atoms with Crippen LogP contribution in [0.5, 0.6) is 0 Å². The fourth-order valence-corrected chi connectivity index (χ4v) is 3.29. The van der Waals surface area contributed by atoms with E-state index in [0.717, 1.165) is 24.2 Å².